The van der Waals surface area contributed by atoms with E-state index in [1.54, 1.807) is 0 Å². The fourth-order valence-corrected chi connectivity index (χ4v) is 4.51. The number of halogens is 1. The van der Waals surface area contributed by atoms with E-state index in [-0.39, 0.29) is 11.8 Å². The molecule has 4 rings (SSSR count). The van der Waals surface area contributed by atoms with Gasteiger partial charge in [-0.15, -0.1) is 0 Å². The van der Waals surface area contributed by atoms with Crippen LogP contribution in [0.2, 0.25) is 0 Å². The number of ether oxygens (including phenoxy) is 1. The molecule has 0 atom stereocenters. The molecular formula is C23H25BrN2O3. The number of nitrogens with one attached hydrogen (secondary N) is 1. The van der Waals surface area contributed by atoms with Crippen molar-refractivity contribution in [2.75, 3.05) is 24.7 Å². The van der Waals surface area contributed by atoms with Gasteiger partial charge >= 0.3 is 0 Å². The number of carbonyl (C=O) groups excluding carboxylic acids is 2. The van der Waals surface area contributed by atoms with Crippen molar-refractivity contribution < 1.29 is 14.3 Å². The van der Waals surface area contributed by atoms with Gasteiger partial charge in [0.05, 0.1) is 5.41 Å². The minimum absolute atomic E-state index is 0.0331. The second kappa shape index (κ2) is 8.67. The first-order chi connectivity index (χ1) is 14.1. The highest BCUT2D eigenvalue weighted by Gasteiger charge is 2.41. The molecule has 6 heteroatoms. The molecule has 2 aromatic carbocycles. The third kappa shape index (κ3) is 4.23. The molecular weight excluding hydrogens is 432 g/mol. The van der Waals surface area contributed by atoms with E-state index < -0.39 is 5.41 Å². The topological polar surface area (TPSA) is 58.6 Å². The third-order valence-corrected chi connectivity index (χ3v) is 6.46. The Kier molecular flexibility index (Phi) is 6.01. The lowest BCUT2D eigenvalue weighted by atomic mass is 9.73. The lowest BCUT2D eigenvalue weighted by Gasteiger charge is -2.36. The summed E-state index contributed by atoms with van der Waals surface area (Å²) in [7, 11) is 0. The summed E-state index contributed by atoms with van der Waals surface area (Å²) < 4.78 is 6.54. The Bertz CT molecular complexity index is 891. The fraction of sp³-hybridized carbons (Fsp3) is 0.391. The molecule has 0 saturated carbocycles. The summed E-state index contributed by atoms with van der Waals surface area (Å²) in [5.74, 6) is 0.202. The van der Waals surface area contributed by atoms with E-state index >= 15 is 0 Å². The second-order valence-electron chi connectivity index (χ2n) is 7.70. The van der Waals surface area contributed by atoms with Crippen LogP contribution in [-0.4, -0.2) is 31.6 Å². The molecule has 2 heterocycles. The maximum atomic E-state index is 13.3. The fourth-order valence-electron chi connectivity index (χ4n) is 4.24. The first-order valence-electron chi connectivity index (χ1n) is 10.1. The standard InChI is InChI=1S/C23H25BrN2O3/c24-19-8-6-18(7-9-19)23(10-13-29-14-11-23)22(28)25-16-17-3-1-4-20(15-17)26-12-2-5-21(26)27/h1,3-4,6-9,15H,2,5,10-14,16H2,(H,25,28). The van der Waals surface area contributed by atoms with Crippen LogP contribution >= 0.6 is 15.9 Å². The van der Waals surface area contributed by atoms with Gasteiger partial charge in [-0.25, -0.2) is 0 Å². The number of amides is 2. The van der Waals surface area contributed by atoms with E-state index in [1.165, 1.54) is 0 Å². The zero-order chi connectivity index (χ0) is 20.3. The van der Waals surface area contributed by atoms with E-state index in [0.717, 1.165) is 34.3 Å². The first-order valence-corrected chi connectivity index (χ1v) is 10.9. The molecule has 0 unspecified atom stereocenters. The maximum Gasteiger partial charge on any atom is 0.231 e. The SMILES string of the molecule is O=C1CCCN1c1cccc(CNC(=O)C2(c3ccc(Br)cc3)CCOCC2)c1. The third-order valence-electron chi connectivity index (χ3n) is 5.93. The summed E-state index contributed by atoms with van der Waals surface area (Å²) in [5.41, 5.74) is 2.36. The average molecular weight is 457 g/mol. The second-order valence-corrected chi connectivity index (χ2v) is 8.62. The molecule has 152 valence electrons. The average Bonchev–Trinajstić information content (AvgIpc) is 3.19. The maximum absolute atomic E-state index is 13.3. The van der Waals surface area contributed by atoms with Gasteiger partial charge in [-0.3, -0.25) is 9.59 Å². The molecule has 2 fully saturated rings. The van der Waals surface area contributed by atoms with Gasteiger partial charge in [0, 0.05) is 42.9 Å². The molecule has 2 aromatic rings. The van der Waals surface area contributed by atoms with Gasteiger partial charge in [0.1, 0.15) is 0 Å². The summed E-state index contributed by atoms with van der Waals surface area (Å²) in [6, 6.07) is 15.9. The summed E-state index contributed by atoms with van der Waals surface area (Å²) in [6.45, 7) is 2.36. The van der Waals surface area contributed by atoms with Gasteiger partial charge < -0.3 is 15.0 Å². The smallest absolute Gasteiger partial charge is 0.231 e. The Morgan fingerprint density at radius 3 is 2.59 bits per heavy atom. The van der Waals surface area contributed by atoms with E-state index in [4.69, 9.17) is 4.74 Å². The highest BCUT2D eigenvalue weighted by molar-refractivity contribution is 9.10. The number of carbonyl (C=O) groups is 2. The van der Waals surface area contributed by atoms with E-state index in [0.29, 0.717) is 39.0 Å². The van der Waals surface area contributed by atoms with Crippen LogP contribution in [0.3, 0.4) is 0 Å². The van der Waals surface area contributed by atoms with Gasteiger partial charge in [-0.1, -0.05) is 40.2 Å². The summed E-state index contributed by atoms with van der Waals surface area (Å²) >= 11 is 3.47. The van der Waals surface area contributed by atoms with Crippen molar-refractivity contribution in [3.8, 4) is 0 Å². The molecule has 29 heavy (non-hydrogen) atoms. The molecule has 0 aromatic heterocycles. The van der Waals surface area contributed by atoms with Crippen LogP contribution in [-0.2, 0) is 26.3 Å². The van der Waals surface area contributed by atoms with Crippen molar-refractivity contribution in [3.63, 3.8) is 0 Å². The molecule has 2 aliphatic rings. The number of hydrogen-bond donors (Lipinski definition) is 1. The molecule has 2 aliphatic heterocycles. The minimum atomic E-state index is -0.568. The quantitative estimate of drug-likeness (QED) is 0.740. The van der Waals surface area contributed by atoms with Crippen molar-refractivity contribution in [2.24, 2.45) is 0 Å². The molecule has 1 N–H and O–H groups in total. The molecule has 5 nitrogen and oxygen atoms in total. The lowest BCUT2D eigenvalue weighted by molar-refractivity contribution is -0.130. The van der Waals surface area contributed by atoms with Crippen molar-refractivity contribution in [1.29, 1.82) is 0 Å². The van der Waals surface area contributed by atoms with Crippen LogP contribution in [0, 0.1) is 0 Å². The molecule has 2 saturated heterocycles. The molecule has 0 spiro atoms. The van der Waals surface area contributed by atoms with Gasteiger partial charge in [0.15, 0.2) is 0 Å². The number of rotatable bonds is 5. The molecule has 0 radical (unpaired) electrons. The summed E-state index contributed by atoms with van der Waals surface area (Å²) in [6.07, 6.45) is 2.85. The summed E-state index contributed by atoms with van der Waals surface area (Å²) in [5, 5.41) is 3.14. The normalized spacial score (nSPS) is 18.7. The Labute approximate surface area is 179 Å². The molecule has 2 amide bonds. The monoisotopic (exact) mass is 456 g/mol. The van der Waals surface area contributed by atoms with Crippen LogP contribution in [0.4, 0.5) is 5.69 Å². The number of anilines is 1. The summed E-state index contributed by atoms with van der Waals surface area (Å²) in [4.78, 5) is 27.2. The van der Waals surface area contributed by atoms with Gasteiger partial charge in [0.25, 0.3) is 0 Å². The Morgan fingerprint density at radius 2 is 1.90 bits per heavy atom. The molecule has 0 bridgehead atoms. The van der Waals surface area contributed by atoms with Crippen LogP contribution in [0.15, 0.2) is 53.0 Å². The van der Waals surface area contributed by atoms with Crippen molar-refractivity contribution in [2.45, 2.75) is 37.6 Å². The first kappa shape index (κ1) is 20.1. The van der Waals surface area contributed by atoms with Gasteiger partial charge in [0.2, 0.25) is 11.8 Å². The van der Waals surface area contributed by atoms with Crippen LogP contribution in [0.1, 0.15) is 36.8 Å². The van der Waals surface area contributed by atoms with Crippen molar-refractivity contribution in [1.82, 2.24) is 5.32 Å². The minimum Gasteiger partial charge on any atom is -0.381 e. The highest BCUT2D eigenvalue weighted by Crippen LogP contribution is 2.36. The van der Waals surface area contributed by atoms with Gasteiger partial charge in [-0.05, 0) is 54.7 Å². The van der Waals surface area contributed by atoms with E-state index in [9.17, 15) is 9.59 Å². The van der Waals surface area contributed by atoms with Crippen LogP contribution in [0.25, 0.3) is 0 Å². The Balaban J connectivity index is 1.50. The number of hydrogen-bond acceptors (Lipinski definition) is 3. The predicted molar refractivity (Wildman–Crippen MR) is 116 cm³/mol. The highest BCUT2D eigenvalue weighted by atomic mass is 79.9. The number of nitrogens with zero attached hydrogens (tertiary/aromatic N) is 1. The molecule has 0 aliphatic carbocycles. The van der Waals surface area contributed by atoms with Crippen LogP contribution in [0.5, 0.6) is 0 Å². The van der Waals surface area contributed by atoms with Gasteiger partial charge in [-0.2, -0.15) is 0 Å². The lowest BCUT2D eigenvalue weighted by Crippen LogP contribution is -2.47. The van der Waals surface area contributed by atoms with E-state index in [1.807, 2.05) is 53.4 Å². The Morgan fingerprint density at radius 1 is 1.14 bits per heavy atom. The zero-order valence-electron chi connectivity index (χ0n) is 16.3. The van der Waals surface area contributed by atoms with Crippen LogP contribution < -0.4 is 10.2 Å². The van der Waals surface area contributed by atoms with E-state index in [2.05, 4.69) is 21.2 Å². The van der Waals surface area contributed by atoms with Crippen molar-refractivity contribution in [3.05, 3.63) is 64.1 Å². The largest absolute Gasteiger partial charge is 0.381 e. The zero-order valence-corrected chi connectivity index (χ0v) is 17.9. The predicted octanol–water partition coefficient (Wildman–Crippen LogP) is 3.94. The number of benzene rings is 2. The van der Waals surface area contributed by atoms with Crippen molar-refractivity contribution >= 4 is 33.4 Å². The Hall–Kier alpha value is -2.18.